The number of benzene rings is 3. The van der Waals surface area contributed by atoms with E-state index in [1.54, 1.807) is 6.07 Å². The van der Waals surface area contributed by atoms with Crippen LogP contribution in [0.15, 0.2) is 71.1 Å². The van der Waals surface area contributed by atoms with Gasteiger partial charge in [0, 0.05) is 23.1 Å². The summed E-state index contributed by atoms with van der Waals surface area (Å²) in [5.41, 5.74) is 11.5. The van der Waals surface area contributed by atoms with E-state index < -0.39 is 5.97 Å². The number of furan rings is 1. The van der Waals surface area contributed by atoms with Gasteiger partial charge in [0.15, 0.2) is 0 Å². The Bertz CT molecular complexity index is 1390. The zero-order valence-electron chi connectivity index (χ0n) is 21.5. The highest BCUT2D eigenvalue weighted by molar-refractivity contribution is 5.93. The Labute approximate surface area is 223 Å². The van der Waals surface area contributed by atoms with Crippen LogP contribution in [0.5, 0.6) is 5.75 Å². The van der Waals surface area contributed by atoms with Gasteiger partial charge in [-0.15, -0.1) is 0 Å². The molecule has 5 N–H and O–H groups in total. The highest BCUT2D eigenvalue weighted by Crippen LogP contribution is 2.34. The molecular formula is C31H35N3O4. The fourth-order valence-corrected chi connectivity index (χ4v) is 5.13. The molecule has 1 fully saturated rings. The Kier molecular flexibility index (Phi) is 8.38. The second-order valence-corrected chi connectivity index (χ2v) is 9.99. The maximum Gasteiger partial charge on any atom is 0.307 e. The fraction of sp³-hybridized carbons (Fsp3) is 0.323. The number of piperidine rings is 1. The van der Waals surface area contributed by atoms with Crippen LogP contribution in [0.25, 0.3) is 22.1 Å². The van der Waals surface area contributed by atoms with Gasteiger partial charge >= 0.3 is 5.97 Å². The highest BCUT2D eigenvalue weighted by atomic mass is 16.5. The summed E-state index contributed by atoms with van der Waals surface area (Å²) < 4.78 is 12.5. The quantitative estimate of drug-likeness (QED) is 0.227. The fourth-order valence-electron chi connectivity index (χ4n) is 5.13. The molecule has 0 saturated carbocycles. The van der Waals surface area contributed by atoms with Gasteiger partial charge in [-0.1, -0.05) is 36.4 Å². The van der Waals surface area contributed by atoms with Crippen LogP contribution in [0.4, 0.5) is 0 Å². The number of para-hydroxylation sites is 1. The number of carboxylic acid groups (broad SMARTS) is 1. The summed E-state index contributed by atoms with van der Waals surface area (Å²) in [5.74, 6) is 1.24. The number of carbonyl (C=O) groups is 1. The van der Waals surface area contributed by atoms with Crippen molar-refractivity contribution in [1.29, 1.82) is 0 Å². The van der Waals surface area contributed by atoms with Gasteiger partial charge in [0.2, 0.25) is 0 Å². The van der Waals surface area contributed by atoms with Crippen LogP contribution in [0.1, 0.15) is 35.3 Å². The lowest BCUT2D eigenvalue weighted by atomic mass is 9.99. The third kappa shape index (κ3) is 6.42. The number of carboxylic acids is 1. The number of rotatable bonds is 11. The van der Waals surface area contributed by atoms with E-state index >= 15 is 0 Å². The monoisotopic (exact) mass is 513 g/mol. The lowest BCUT2D eigenvalue weighted by molar-refractivity contribution is -0.136. The lowest BCUT2D eigenvalue weighted by Crippen LogP contribution is -2.35. The zero-order chi connectivity index (χ0) is 26.3. The number of ether oxygens (including phenoxy) is 1. The molecule has 0 aliphatic carbocycles. The van der Waals surface area contributed by atoms with E-state index in [1.165, 1.54) is 12.8 Å². The van der Waals surface area contributed by atoms with E-state index in [1.807, 2.05) is 30.3 Å². The SMILES string of the molecule is NCc1cccc(-c2cc(COc3ccccc3CC(=O)O)cc3cc(CNCC4CCCNC4)oc23)c1. The number of aliphatic carboxylic acids is 1. The molecule has 4 aromatic rings. The van der Waals surface area contributed by atoms with E-state index in [9.17, 15) is 9.90 Å². The molecule has 3 aromatic carbocycles. The van der Waals surface area contributed by atoms with Crippen LogP contribution >= 0.6 is 0 Å². The molecule has 1 aromatic heterocycles. The van der Waals surface area contributed by atoms with Gasteiger partial charge in [0.25, 0.3) is 0 Å². The molecule has 0 bridgehead atoms. The van der Waals surface area contributed by atoms with E-state index in [2.05, 4.69) is 41.0 Å². The zero-order valence-corrected chi connectivity index (χ0v) is 21.5. The van der Waals surface area contributed by atoms with E-state index in [0.29, 0.717) is 36.9 Å². The van der Waals surface area contributed by atoms with Crippen molar-refractivity contribution in [2.45, 2.75) is 39.0 Å². The van der Waals surface area contributed by atoms with Crippen molar-refractivity contribution in [2.75, 3.05) is 19.6 Å². The topological polar surface area (TPSA) is 110 Å². The summed E-state index contributed by atoms with van der Waals surface area (Å²) in [6.07, 6.45) is 2.40. The number of hydrogen-bond donors (Lipinski definition) is 4. The molecule has 1 saturated heterocycles. The van der Waals surface area contributed by atoms with Gasteiger partial charge < -0.3 is 30.6 Å². The van der Waals surface area contributed by atoms with Crippen molar-refractivity contribution in [1.82, 2.24) is 10.6 Å². The molecule has 7 nitrogen and oxygen atoms in total. The molecule has 1 atom stereocenters. The normalized spacial score (nSPS) is 15.6. The van der Waals surface area contributed by atoms with Crippen LogP contribution < -0.4 is 21.1 Å². The third-order valence-electron chi connectivity index (χ3n) is 7.04. The minimum Gasteiger partial charge on any atom is -0.489 e. The first-order chi connectivity index (χ1) is 18.6. The minimum atomic E-state index is -0.885. The number of nitrogens with one attached hydrogen (secondary N) is 2. The van der Waals surface area contributed by atoms with E-state index in [4.69, 9.17) is 14.9 Å². The first-order valence-corrected chi connectivity index (χ1v) is 13.3. The van der Waals surface area contributed by atoms with Crippen LogP contribution in [-0.2, 0) is 30.9 Å². The average molecular weight is 514 g/mol. The van der Waals surface area contributed by atoms with Crippen molar-refractivity contribution in [3.05, 3.63) is 89.2 Å². The molecule has 1 unspecified atom stereocenters. The van der Waals surface area contributed by atoms with Gasteiger partial charge in [-0.05, 0) is 85.4 Å². The smallest absolute Gasteiger partial charge is 0.307 e. The summed E-state index contributed by atoms with van der Waals surface area (Å²) in [6.45, 7) is 4.58. The van der Waals surface area contributed by atoms with Crippen LogP contribution in [0.2, 0.25) is 0 Å². The Hall–Kier alpha value is -3.65. The molecule has 0 spiro atoms. The lowest BCUT2D eigenvalue weighted by Gasteiger charge is -2.22. The summed E-state index contributed by atoms with van der Waals surface area (Å²) in [6, 6.07) is 21.7. The standard InChI is InChI=1S/C31H35N3O4/c32-16-21-5-3-8-24(11-21)28-13-23(20-37-29-9-2-1-7-25(29)15-30(35)36)12-26-14-27(38-31(26)28)19-34-18-22-6-4-10-33-17-22/h1-3,5,7-9,11-14,22,33-34H,4,6,10,15-20,32H2,(H,35,36). The second kappa shape index (κ2) is 12.3. The molecule has 38 heavy (non-hydrogen) atoms. The minimum absolute atomic E-state index is 0.0820. The van der Waals surface area contributed by atoms with Gasteiger partial charge in [0.1, 0.15) is 23.7 Å². The Morgan fingerprint density at radius 2 is 2.00 bits per heavy atom. The van der Waals surface area contributed by atoms with Crippen LogP contribution in [0.3, 0.4) is 0 Å². The molecule has 1 aliphatic heterocycles. The van der Waals surface area contributed by atoms with Gasteiger partial charge in [-0.2, -0.15) is 0 Å². The second-order valence-electron chi connectivity index (χ2n) is 9.99. The van der Waals surface area contributed by atoms with Crippen molar-refractivity contribution < 1.29 is 19.1 Å². The molecular weight excluding hydrogens is 478 g/mol. The number of nitrogens with two attached hydrogens (primary N) is 1. The van der Waals surface area contributed by atoms with Gasteiger partial charge in [0.05, 0.1) is 13.0 Å². The van der Waals surface area contributed by atoms with Gasteiger partial charge in [-0.3, -0.25) is 4.79 Å². The summed E-state index contributed by atoms with van der Waals surface area (Å²) >= 11 is 0. The molecule has 0 amide bonds. The van der Waals surface area contributed by atoms with Crippen LogP contribution in [-0.4, -0.2) is 30.7 Å². The first kappa shape index (κ1) is 26.0. The average Bonchev–Trinajstić information content (AvgIpc) is 3.35. The Morgan fingerprint density at radius 3 is 2.82 bits per heavy atom. The van der Waals surface area contributed by atoms with Gasteiger partial charge in [-0.25, -0.2) is 0 Å². The number of fused-ring (bicyclic) bond motifs is 1. The molecule has 1 aliphatic rings. The maximum atomic E-state index is 11.3. The van der Waals surface area contributed by atoms with E-state index in [0.717, 1.165) is 58.6 Å². The predicted octanol–water partition coefficient (Wildman–Crippen LogP) is 4.85. The van der Waals surface area contributed by atoms with Crippen LogP contribution in [0, 0.1) is 5.92 Å². The third-order valence-corrected chi connectivity index (χ3v) is 7.04. The summed E-state index contributed by atoms with van der Waals surface area (Å²) in [7, 11) is 0. The molecule has 7 heteroatoms. The largest absolute Gasteiger partial charge is 0.489 e. The van der Waals surface area contributed by atoms with Crippen molar-refractivity contribution in [3.8, 4) is 16.9 Å². The summed E-state index contributed by atoms with van der Waals surface area (Å²) in [5, 5.41) is 17.3. The van der Waals surface area contributed by atoms with Crippen molar-refractivity contribution in [2.24, 2.45) is 11.7 Å². The predicted molar refractivity (Wildman–Crippen MR) is 149 cm³/mol. The van der Waals surface area contributed by atoms with E-state index in [-0.39, 0.29) is 6.42 Å². The Balaban J connectivity index is 1.41. The highest BCUT2D eigenvalue weighted by Gasteiger charge is 2.16. The van der Waals surface area contributed by atoms with Crippen molar-refractivity contribution in [3.63, 3.8) is 0 Å². The number of hydrogen-bond acceptors (Lipinski definition) is 6. The molecule has 5 rings (SSSR count). The Morgan fingerprint density at radius 1 is 1.11 bits per heavy atom. The molecule has 0 radical (unpaired) electrons. The van der Waals surface area contributed by atoms with Crippen molar-refractivity contribution >= 4 is 16.9 Å². The summed E-state index contributed by atoms with van der Waals surface area (Å²) in [4.78, 5) is 11.3. The molecule has 2 heterocycles. The maximum absolute atomic E-state index is 11.3. The molecule has 198 valence electrons. The first-order valence-electron chi connectivity index (χ1n) is 13.3.